The predicted molar refractivity (Wildman–Crippen MR) is 66.9 cm³/mol. The molecule has 1 unspecified atom stereocenters. The normalized spacial score (nSPS) is 25.9. The molecule has 1 atom stereocenters. The smallest absolute Gasteiger partial charge is 0.251 e. The molecule has 1 spiro atoms. The van der Waals surface area contributed by atoms with Gasteiger partial charge in [-0.1, -0.05) is 19.3 Å². The van der Waals surface area contributed by atoms with Crippen molar-refractivity contribution in [1.82, 2.24) is 10.2 Å². The van der Waals surface area contributed by atoms with Gasteiger partial charge in [0.25, 0.3) is 5.91 Å². The van der Waals surface area contributed by atoms with E-state index in [-0.39, 0.29) is 17.6 Å². The SMILES string of the molecule is COC(C)C(=O)N1CCNCC12CCCCC2. The summed E-state index contributed by atoms with van der Waals surface area (Å²) >= 11 is 0. The fourth-order valence-electron chi connectivity index (χ4n) is 3.17. The van der Waals surface area contributed by atoms with E-state index in [1.54, 1.807) is 7.11 Å². The van der Waals surface area contributed by atoms with Crippen LogP contribution in [-0.4, -0.2) is 49.2 Å². The highest BCUT2D eigenvalue weighted by atomic mass is 16.5. The van der Waals surface area contributed by atoms with E-state index in [1.807, 2.05) is 6.92 Å². The molecule has 1 saturated carbocycles. The van der Waals surface area contributed by atoms with E-state index in [4.69, 9.17) is 4.74 Å². The van der Waals surface area contributed by atoms with Crippen LogP contribution in [0, 0.1) is 0 Å². The van der Waals surface area contributed by atoms with E-state index >= 15 is 0 Å². The van der Waals surface area contributed by atoms with Gasteiger partial charge in [0, 0.05) is 26.7 Å². The van der Waals surface area contributed by atoms with Crippen LogP contribution >= 0.6 is 0 Å². The van der Waals surface area contributed by atoms with Crippen molar-refractivity contribution >= 4 is 5.91 Å². The van der Waals surface area contributed by atoms with Gasteiger partial charge in [-0.15, -0.1) is 0 Å². The Morgan fingerprint density at radius 2 is 2.06 bits per heavy atom. The van der Waals surface area contributed by atoms with Crippen LogP contribution in [0.25, 0.3) is 0 Å². The lowest BCUT2D eigenvalue weighted by molar-refractivity contribution is -0.150. The Bertz CT molecular complexity index is 266. The maximum atomic E-state index is 12.4. The molecule has 0 aromatic carbocycles. The molecule has 0 aromatic rings. The molecule has 2 rings (SSSR count). The van der Waals surface area contributed by atoms with E-state index in [2.05, 4.69) is 10.2 Å². The van der Waals surface area contributed by atoms with Gasteiger partial charge in [-0.3, -0.25) is 4.79 Å². The van der Waals surface area contributed by atoms with E-state index in [0.717, 1.165) is 32.5 Å². The summed E-state index contributed by atoms with van der Waals surface area (Å²) in [5.41, 5.74) is 0.0698. The van der Waals surface area contributed by atoms with E-state index in [1.165, 1.54) is 19.3 Å². The molecule has 0 radical (unpaired) electrons. The molecule has 2 fully saturated rings. The molecular formula is C13H24N2O2. The summed E-state index contributed by atoms with van der Waals surface area (Å²) < 4.78 is 5.19. The lowest BCUT2D eigenvalue weighted by atomic mass is 9.79. The number of ether oxygens (including phenoxy) is 1. The number of carbonyl (C=O) groups is 1. The number of piperazine rings is 1. The lowest BCUT2D eigenvalue weighted by Gasteiger charge is -2.50. The summed E-state index contributed by atoms with van der Waals surface area (Å²) in [6.07, 6.45) is 5.76. The van der Waals surface area contributed by atoms with Gasteiger partial charge >= 0.3 is 0 Å². The number of nitrogens with zero attached hydrogens (tertiary/aromatic N) is 1. The lowest BCUT2D eigenvalue weighted by Crippen LogP contribution is -2.65. The molecule has 4 nitrogen and oxygen atoms in total. The van der Waals surface area contributed by atoms with Crippen molar-refractivity contribution < 1.29 is 9.53 Å². The summed E-state index contributed by atoms with van der Waals surface area (Å²) in [4.78, 5) is 14.5. The summed E-state index contributed by atoms with van der Waals surface area (Å²) in [5, 5.41) is 3.45. The van der Waals surface area contributed by atoms with E-state index in [0.29, 0.717) is 0 Å². The number of hydrogen-bond acceptors (Lipinski definition) is 3. The summed E-state index contributed by atoms with van der Waals surface area (Å²) in [5.74, 6) is 0.163. The molecule has 17 heavy (non-hydrogen) atoms. The first kappa shape index (κ1) is 12.8. The Morgan fingerprint density at radius 3 is 2.71 bits per heavy atom. The van der Waals surface area contributed by atoms with Crippen LogP contribution in [0.4, 0.5) is 0 Å². The standard InChI is InChI=1S/C13H24N2O2/c1-11(17-2)12(16)15-9-8-14-10-13(15)6-4-3-5-7-13/h11,14H,3-10H2,1-2H3. The minimum atomic E-state index is -0.313. The first-order valence-corrected chi connectivity index (χ1v) is 6.75. The summed E-state index contributed by atoms with van der Waals surface area (Å²) in [6.45, 7) is 4.53. The van der Waals surface area contributed by atoms with Gasteiger partial charge in [-0.05, 0) is 19.8 Å². The van der Waals surface area contributed by atoms with Crippen molar-refractivity contribution in [2.24, 2.45) is 0 Å². The highest BCUT2D eigenvalue weighted by molar-refractivity contribution is 5.81. The van der Waals surface area contributed by atoms with Gasteiger partial charge in [0.2, 0.25) is 0 Å². The topological polar surface area (TPSA) is 41.6 Å². The van der Waals surface area contributed by atoms with Crippen LogP contribution in [-0.2, 0) is 9.53 Å². The number of amides is 1. The minimum Gasteiger partial charge on any atom is -0.372 e. The third kappa shape index (κ3) is 2.47. The largest absolute Gasteiger partial charge is 0.372 e. The Morgan fingerprint density at radius 1 is 1.35 bits per heavy atom. The van der Waals surface area contributed by atoms with Gasteiger partial charge < -0.3 is 15.0 Å². The van der Waals surface area contributed by atoms with Crippen molar-refractivity contribution in [1.29, 1.82) is 0 Å². The van der Waals surface area contributed by atoms with Gasteiger partial charge in [0.05, 0.1) is 5.54 Å². The van der Waals surface area contributed by atoms with Crippen LogP contribution < -0.4 is 5.32 Å². The van der Waals surface area contributed by atoms with E-state index in [9.17, 15) is 4.79 Å². The van der Waals surface area contributed by atoms with Crippen LogP contribution in [0.2, 0.25) is 0 Å². The zero-order chi connectivity index (χ0) is 12.3. The fraction of sp³-hybridized carbons (Fsp3) is 0.923. The third-order valence-electron chi connectivity index (χ3n) is 4.29. The second-order valence-electron chi connectivity index (χ2n) is 5.33. The Balaban J connectivity index is 2.13. The van der Waals surface area contributed by atoms with Crippen molar-refractivity contribution in [3.63, 3.8) is 0 Å². The molecule has 2 aliphatic rings. The molecule has 4 heteroatoms. The van der Waals surface area contributed by atoms with Crippen molar-refractivity contribution in [2.75, 3.05) is 26.7 Å². The average molecular weight is 240 g/mol. The Labute approximate surface area is 104 Å². The number of nitrogens with one attached hydrogen (secondary N) is 1. The zero-order valence-corrected chi connectivity index (χ0v) is 11.0. The minimum absolute atomic E-state index is 0.0698. The highest BCUT2D eigenvalue weighted by Gasteiger charge is 2.43. The van der Waals surface area contributed by atoms with Gasteiger partial charge in [0.1, 0.15) is 6.10 Å². The predicted octanol–water partition coefficient (Wildman–Crippen LogP) is 1.16. The van der Waals surface area contributed by atoms with Gasteiger partial charge in [0.15, 0.2) is 0 Å². The number of rotatable bonds is 2. The van der Waals surface area contributed by atoms with Crippen molar-refractivity contribution in [2.45, 2.75) is 50.7 Å². The maximum absolute atomic E-state index is 12.4. The number of hydrogen-bond donors (Lipinski definition) is 1. The van der Waals surface area contributed by atoms with Crippen LogP contribution in [0.5, 0.6) is 0 Å². The van der Waals surface area contributed by atoms with E-state index < -0.39 is 0 Å². The first-order chi connectivity index (χ1) is 8.19. The number of carbonyl (C=O) groups excluding carboxylic acids is 1. The van der Waals surface area contributed by atoms with Crippen LogP contribution in [0.15, 0.2) is 0 Å². The number of methoxy groups -OCH3 is 1. The summed E-state index contributed by atoms with van der Waals surface area (Å²) in [6, 6.07) is 0. The molecule has 0 bridgehead atoms. The second-order valence-corrected chi connectivity index (χ2v) is 5.33. The molecule has 1 heterocycles. The van der Waals surface area contributed by atoms with Gasteiger partial charge in [-0.25, -0.2) is 0 Å². The third-order valence-corrected chi connectivity index (χ3v) is 4.29. The van der Waals surface area contributed by atoms with Crippen LogP contribution in [0.1, 0.15) is 39.0 Å². The first-order valence-electron chi connectivity index (χ1n) is 6.75. The highest BCUT2D eigenvalue weighted by Crippen LogP contribution is 2.35. The van der Waals surface area contributed by atoms with Gasteiger partial charge in [-0.2, -0.15) is 0 Å². The Hall–Kier alpha value is -0.610. The Kier molecular flexibility index (Phi) is 4.05. The monoisotopic (exact) mass is 240 g/mol. The fourth-order valence-corrected chi connectivity index (χ4v) is 3.17. The molecule has 1 N–H and O–H groups in total. The molecule has 1 saturated heterocycles. The molecule has 98 valence electrons. The maximum Gasteiger partial charge on any atom is 0.251 e. The molecule has 1 amide bonds. The molecular weight excluding hydrogens is 216 g/mol. The second kappa shape index (κ2) is 5.36. The average Bonchev–Trinajstić information content (AvgIpc) is 2.38. The zero-order valence-electron chi connectivity index (χ0n) is 11.0. The van der Waals surface area contributed by atoms with Crippen molar-refractivity contribution in [3.05, 3.63) is 0 Å². The molecule has 1 aliphatic heterocycles. The molecule has 0 aromatic heterocycles. The van der Waals surface area contributed by atoms with Crippen LogP contribution in [0.3, 0.4) is 0 Å². The summed E-state index contributed by atoms with van der Waals surface area (Å²) in [7, 11) is 1.61. The van der Waals surface area contributed by atoms with Crippen molar-refractivity contribution in [3.8, 4) is 0 Å². The quantitative estimate of drug-likeness (QED) is 0.787. The molecule has 1 aliphatic carbocycles.